The fourth-order valence-electron chi connectivity index (χ4n) is 1.34. The van der Waals surface area contributed by atoms with E-state index in [0.717, 1.165) is 18.9 Å². The molecule has 0 saturated heterocycles. The van der Waals surface area contributed by atoms with Crippen LogP contribution in [0.4, 0.5) is 11.9 Å². The molecule has 1 aromatic rings. The maximum absolute atomic E-state index is 5.50. The first-order valence-corrected chi connectivity index (χ1v) is 5.07. The number of ether oxygens (including phenoxy) is 1. The molecule has 0 atom stereocenters. The molecule has 1 aliphatic carbocycles. The number of anilines is 2. The molecule has 2 rings (SSSR count). The van der Waals surface area contributed by atoms with Gasteiger partial charge in [0.25, 0.3) is 0 Å². The van der Waals surface area contributed by atoms with Crippen molar-refractivity contribution < 1.29 is 4.74 Å². The quantitative estimate of drug-likeness (QED) is 0.741. The molecule has 0 aliphatic heterocycles. The normalized spacial score (nSPS) is 15.0. The highest BCUT2D eigenvalue weighted by Crippen LogP contribution is 2.31. The molecule has 0 bridgehead atoms. The zero-order valence-electron chi connectivity index (χ0n) is 8.73. The molecule has 82 valence electrons. The van der Waals surface area contributed by atoms with Gasteiger partial charge in [0.1, 0.15) is 0 Å². The second kappa shape index (κ2) is 4.29. The Morgan fingerprint density at radius 3 is 2.87 bits per heavy atom. The standard InChI is InChI=1S/C9H15N5O/c1-15-9-13-7(10)12-8(14-9)11-5-4-6-2-3-6/h6H,2-5H2,1H3,(H3,10,11,12,13,14). The van der Waals surface area contributed by atoms with Gasteiger partial charge in [0.2, 0.25) is 11.9 Å². The molecule has 0 amide bonds. The first kappa shape index (κ1) is 9.95. The Morgan fingerprint density at radius 1 is 1.40 bits per heavy atom. The Kier molecular flexibility index (Phi) is 2.84. The number of methoxy groups -OCH3 is 1. The number of hydrogen-bond donors (Lipinski definition) is 2. The van der Waals surface area contributed by atoms with Gasteiger partial charge in [-0.1, -0.05) is 12.8 Å². The van der Waals surface area contributed by atoms with Crippen LogP contribution in [-0.2, 0) is 0 Å². The molecule has 15 heavy (non-hydrogen) atoms. The first-order valence-electron chi connectivity index (χ1n) is 5.07. The summed E-state index contributed by atoms with van der Waals surface area (Å²) < 4.78 is 4.89. The van der Waals surface area contributed by atoms with Crippen molar-refractivity contribution >= 4 is 11.9 Å². The average molecular weight is 209 g/mol. The van der Waals surface area contributed by atoms with Crippen LogP contribution in [0.25, 0.3) is 0 Å². The monoisotopic (exact) mass is 209 g/mol. The van der Waals surface area contributed by atoms with Crippen molar-refractivity contribution in [2.24, 2.45) is 5.92 Å². The van der Waals surface area contributed by atoms with E-state index in [4.69, 9.17) is 10.5 Å². The maximum Gasteiger partial charge on any atom is 0.322 e. The molecule has 1 aliphatic rings. The molecule has 0 unspecified atom stereocenters. The third kappa shape index (κ3) is 2.93. The molecule has 3 N–H and O–H groups in total. The third-order valence-electron chi connectivity index (χ3n) is 2.35. The zero-order chi connectivity index (χ0) is 10.7. The molecule has 0 aromatic carbocycles. The summed E-state index contributed by atoms with van der Waals surface area (Å²) in [5, 5.41) is 3.11. The van der Waals surface area contributed by atoms with Crippen LogP contribution in [0.15, 0.2) is 0 Å². The van der Waals surface area contributed by atoms with Gasteiger partial charge >= 0.3 is 6.01 Å². The first-order chi connectivity index (χ1) is 7.28. The lowest BCUT2D eigenvalue weighted by molar-refractivity contribution is 0.379. The highest BCUT2D eigenvalue weighted by Gasteiger charge is 2.20. The van der Waals surface area contributed by atoms with Gasteiger partial charge in [-0.05, 0) is 12.3 Å². The van der Waals surface area contributed by atoms with E-state index >= 15 is 0 Å². The fourth-order valence-corrected chi connectivity index (χ4v) is 1.34. The van der Waals surface area contributed by atoms with E-state index in [2.05, 4.69) is 20.3 Å². The lowest BCUT2D eigenvalue weighted by Crippen LogP contribution is -2.09. The summed E-state index contributed by atoms with van der Waals surface area (Å²) in [6, 6.07) is 0.247. The van der Waals surface area contributed by atoms with E-state index in [1.165, 1.54) is 20.0 Å². The average Bonchev–Trinajstić information content (AvgIpc) is 3.01. The molecule has 1 heterocycles. The Bertz CT molecular complexity index is 339. The Balaban J connectivity index is 1.90. The maximum atomic E-state index is 5.50. The minimum absolute atomic E-state index is 0.177. The van der Waals surface area contributed by atoms with Crippen molar-refractivity contribution in [2.75, 3.05) is 24.7 Å². The van der Waals surface area contributed by atoms with Gasteiger partial charge < -0.3 is 15.8 Å². The van der Waals surface area contributed by atoms with Crippen molar-refractivity contribution in [3.8, 4) is 6.01 Å². The van der Waals surface area contributed by atoms with Crippen molar-refractivity contribution in [3.63, 3.8) is 0 Å². The molecular formula is C9H15N5O. The topological polar surface area (TPSA) is 86.0 Å². The summed E-state index contributed by atoms with van der Waals surface area (Å²) in [5.41, 5.74) is 5.50. The summed E-state index contributed by atoms with van der Waals surface area (Å²) in [7, 11) is 1.50. The number of nitrogen functional groups attached to an aromatic ring is 1. The highest BCUT2D eigenvalue weighted by molar-refractivity contribution is 5.32. The number of aromatic nitrogens is 3. The van der Waals surface area contributed by atoms with Crippen LogP contribution < -0.4 is 15.8 Å². The van der Waals surface area contributed by atoms with Crippen LogP contribution in [0.2, 0.25) is 0 Å². The second-order valence-electron chi connectivity index (χ2n) is 3.66. The van der Waals surface area contributed by atoms with Crippen LogP contribution in [-0.4, -0.2) is 28.6 Å². The smallest absolute Gasteiger partial charge is 0.322 e. The Hall–Kier alpha value is -1.59. The van der Waals surface area contributed by atoms with E-state index in [0.29, 0.717) is 5.95 Å². The van der Waals surface area contributed by atoms with Crippen molar-refractivity contribution in [2.45, 2.75) is 19.3 Å². The molecule has 0 radical (unpaired) electrons. The van der Waals surface area contributed by atoms with Crippen LogP contribution in [0.3, 0.4) is 0 Å². The van der Waals surface area contributed by atoms with Crippen LogP contribution in [0, 0.1) is 5.92 Å². The van der Waals surface area contributed by atoms with Gasteiger partial charge in [0.05, 0.1) is 7.11 Å². The highest BCUT2D eigenvalue weighted by atomic mass is 16.5. The predicted octanol–water partition coefficient (Wildman–Crippen LogP) is 0.674. The molecule has 1 saturated carbocycles. The summed E-state index contributed by atoms with van der Waals surface area (Å²) in [4.78, 5) is 11.8. The van der Waals surface area contributed by atoms with Crippen molar-refractivity contribution in [1.29, 1.82) is 0 Å². The molecule has 1 aromatic heterocycles. The van der Waals surface area contributed by atoms with Crippen LogP contribution in [0.5, 0.6) is 6.01 Å². The molecule has 1 fully saturated rings. The van der Waals surface area contributed by atoms with Crippen LogP contribution in [0.1, 0.15) is 19.3 Å². The van der Waals surface area contributed by atoms with Gasteiger partial charge in [0.15, 0.2) is 0 Å². The predicted molar refractivity (Wildman–Crippen MR) is 56.6 cm³/mol. The van der Waals surface area contributed by atoms with Gasteiger partial charge in [-0.3, -0.25) is 0 Å². The van der Waals surface area contributed by atoms with Gasteiger partial charge in [-0.2, -0.15) is 15.0 Å². The van der Waals surface area contributed by atoms with E-state index in [9.17, 15) is 0 Å². The van der Waals surface area contributed by atoms with Gasteiger partial charge in [0, 0.05) is 6.54 Å². The lowest BCUT2D eigenvalue weighted by atomic mass is 10.3. The minimum atomic E-state index is 0.177. The Labute approximate surface area is 88.3 Å². The molecule has 0 spiro atoms. The molecular weight excluding hydrogens is 194 g/mol. The third-order valence-corrected chi connectivity index (χ3v) is 2.35. The summed E-state index contributed by atoms with van der Waals surface area (Å²) in [6.45, 7) is 0.872. The number of nitrogens with one attached hydrogen (secondary N) is 1. The fraction of sp³-hybridized carbons (Fsp3) is 0.667. The Morgan fingerprint density at radius 2 is 2.20 bits per heavy atom. The van der Waals surface area contributed by atoms with Gasteiger partial charge in [-0.15, -0.1) is 0 Å². The van der Waals surface area contributed by atoms with Crippen molar-refractivity contribution in [1.82, 2.24) is 15.0 Å². The number of rotatable bonds is 5. The summed E-state index contributed by atoms with van der Waals surface area (Å²) >= 11 is 0. The molecule has 6 nitrogen and oxygen atoms in total. The number of nitrogens with two attached hydrogens (primary N) is 1. The minimum Gasteiger partial charge on any atom is -0.467 e. The van der Waals surface area contributed by atoms with Crippen LogP contribution >= 0.6 is 0 Å². The largest absolute Gasteiger partial charge is 0.467 e. The van der Waals surface area contributed by atoms with E-state index in [-0.39, 0.29) is 12.0 Å². The zero-order valence-corrected chi connectivity index (χ0v) is 8.73. The summed E-state index contributed by atoms with van der Waals surface area (Å²) in [6.07, 6.45) is 3.86. The number of hydrogen-bond acceptors (Lipinski definition) is 6. The van der Waals surface area contributed by atoms with E-state index in [1.54, 1.807) is 0 Å². The van der Waals surface area contributed by atoms with Gasteiger partial charge in [-0.25, -0.2) is 0 Å². The summed E-state index contributed by atoms with van der Waals surface area (Å²) in [5.74, 6) is 1.55. The SMILES string of the molecule is COc1nc(N)nc(NCCC2CC2)n1. The number of nitrogens with zero attached hydrogens (tertiary/aromatic N) is 3. The van der Waals surface area contributed by atoms with Crippen molar-refractivity contribution in [3.05, 3.63) is 0 Å². The van der Waals surface area contributed by atoms with E-state index < -0.39 is 0 Å². The lowest BCUT2D eigenvalue weighted by Gasteiger charge is -2.05. The second-order valence-corrected chi connectivity index (χ2v) is 3.66. The van der Waals surface area contributed by atoms with E-state index in [1.807, 2.05) is 0 Å². The molecule has 6 heteroatoms.